The highest BCUT2D eigenvalue weighted by Crippen LogP contribution is 2.24. The second-order valence-corrected chi connectivity index (χ2v) is 7.10. The van der Waals surface area contributed by atoms with E-state index in [1.165, 1.54) is 0 Å². The van der Waals surface area contributed by atoms with Gasteiger partial charge in [-0.3, -0.25) is 0 Å². The number of amides is 1. The van der Waals surface area contributed by atoms with Crippen molar-refractivity contribution in [1.82, 2.24) is 5.32 Å². The van der Waals surface area contributed by atoms with Gasteiger partial charge in [0.2, 0.25) is 0 Å². The number of carboxylic acid groups (broad SMARTS) is 1. The van der Waals surface area contributed by atoms with E-state index in [-0.39, 0.29) is 6.42 Å². The highest BCUT2D eigenvalue weighted by molar-refractivity contribution is 5.80. The molecule has 5 nitrogen and oxygen atoms in total. The van der Waals surface area contributed by atoms with Crippen LogP contribution in [0.1, 0.15) is 32.8 Å². The van der Waals surface area contributed by atoms with Crippen molar-refractivity contribution in [2.45, 2.75) is 45.3 Å². The molecule has 2 rings (SSSR count). The van der Waals surface area contributed by atoms with E-state index >= 15 is 0 Å². The third-order valence-corrected chi connectivity index (χ3v) is 3.79. The van der Waals surface area contributed by atoms with Gasteiger partial charge in [0.15, 0.2) is 0 Å². The molecule has 0 radical (unpaired) electrons. The molecule has 5 heteroatoms. The Kier molecular flexibility index (Phi) is 6.39. The van der Waals surface area contributed by atoms with E-state index in [1.54, 1.807) is 20.8 Å². The first-order valence-electron chi connectivity index (χ1n) is 8.62. The van der Waals surface area contributed by atoms with Crippen LogP contribution in [0.5, 0.6) is 0 Å². The van der Waals surface area contributed by atoms with Gasteiger partial charge in [0.05, 0.1) is 0 Å². The maximum absolute atomic E-state index is 11.9. The van der Waals surface area contributed by atoms with Crippen LogP contribution in [0.25, 0.3) is 11.1 Å². The minimum atomic E-state index is -1.08. The van der Waals surface area contributed by atoms with Gasteiger partial charge in [-0.25, -0.2) is 9.59 Å². The minimum absolute atomic E-state index is 0.276. The Bertz CT molecular complexity index is 750. The van der Waals surface area contributed by atoms with E-state index in [0.29, 0.717) is 6.42 Å². The van der Waals surface area contributed by atoms with E-state index in [0.717, 1.165) is 16.7 Å². The number of carboxylic acids is 1. The van der Waals surface area contributed by atoms with Crippen molar-refractivity contribution in [1.29, 1.82) is 0 Å². The number of aryl methyl sites for hydroxylation is 1. The zero-order valence-corrected chi connectivity index (χ0v) is 15.4. The van der Waals surface area contributed by atoms with Gasteiger partial charge < -0.3 is 15.2 Å². The van der Waals surface area contributed by atoms with Crippen molar-refractivity contribution in [3.8, 4) is 11.1 Å². The maximum atomic E-state index is 11.9. The number of hydrogen-bond acceptors (Lipinski definition) is 3. The van der Waals surface area contributed by atoms with Gasteiger partial charge >= 0.3 is 12.1 Å². The van der Waals surface area contributed by atoms with Crippen LogP contribution in [0.3, 0.4) is 0 Å². The van der Waals surface area contributed by atoms with Crippen LogP contribution in [0.2, 0.25) is 0 Å². The Hall–Kier alpha value is -2.82. The summed E-state index contributed by atoms with van der Waals surface area (Å²) >= 11 is 0. The molecule has 0 fully saturated rings. The Morgan fingerprint density at radius 3 is 2.27 bits per heavy atom. The number of alkyl carbamates (subject to hydrolysis) is 1. The number of carbonyl (C=O) groups is 2. The standard InChI is InChI=1S/C21H25NO4/c1-21(2,3)26-20(25)22-18(19(23)24)14-13-16-11-7-8-12-17(16)15-9-5-4-6-10-15/h4-12,18H,13-14H2,1-3H3,(H,22,25)(H,23,24)/t18-/m1/s1. The summed E-state index contributed by atoms with van der Waals surface area (Å²) in [5.74, 6) is -1.08. The predicted octanol–water partition coefficient (Wildman–Crippen LogP) is 4.26. The van der Waals surface area contributed by atoms with Crippen molar-refractivity contribution in [3.05, 3.63) is 60.2 Å². The van der Waals surface area contributed by atoms with E-state index in [1.807, 2.05) is 54.6 Å². The molecule has 1 atom stereocenters. The minimum Gasteiger partial charge on any atom is -0.480 e. The fourth-order valence-electron chi connectivity index (χ4n) is 2.64. The Labute approximate surface area is 154 Å². The zero-order valence-electron chi connectivity index (χ0n) is 15.4. The number of carbonyl (C=O) groups excluding carboxylic acids is 1. The van der Waals surface area contributed by atoms with Gasteiger partial charge in [-0.15, -0.1) is 0 Å². The third kappa shape index (κ3) is 5.92. The molecule has 2 aromatic rings. The molecule has 0 aliphatic carbocycles. The van der Waals surface area contributed by atoms with E-state index in [2.05, 4.69) is 5.32 Å². The Morgan fingerprint density at radius 1 is 1.04 bits per heavy atom. The smallest absolute Gasteiger partial charge is 0.408 e. The topological polar surface area (TPSA) is 75.6 Å². The van der Waals surface area contributed by atoms with Gasteiger partial charge in [0.1, 0.15) is 11.6 Å². The first-order chi connectivity index (χ1) is 12.3. The number of nitrogens with one attached hydrogen (secondary N) is 1. The summed E-state index contributed by atoms with van der Waals surface area (Å²) in [5.41, 5.74) is 2.51. The lowest BCUT2D eigenvalue weighted by Gasteiger charge is -2.22. The van der Waals surface area contributed by atoms with Crippen LogP contribution < -0.4 is 5.32 Å². The fourth-order valence-corrected chi connectivity index (χ4v) is 2.64. The third-order valence-electron chi connectivity index (χ3n) is 3.79. The number of rotatable bonds is 6. The monoisotopic (exact) mass is 355 g/mol. The van der Waals surface area contributed by atoms with Crippen molar-refractivity contribution >= 4 is 12.1 Å². The lowest BCUT2D eigenvalue weighted by atomic mass is 9.95. The quantitative estimate of drug-likeness (QED) is 0.812. The number of aliphatic carboxylic acids is 1. The molecule has 0 aliphatic rings. The largest absolute Gasteiger partial charge is 0.480 e. The summed E-state index contributed by atoms with van der Waals surface area (Å²) < 4.78 is 5.15. The lowest BCUT2D eigenvalue weighted by Crippen LogP contribution is -2.43. The number of benzene rings is 2. The van der Waals surface area contributed by atoms with E-state index < -0.39 is 23.7 Å². The first kappa shape index (κ1) is 19.5. The second-order valence-electron chi connectivity index (χ2n) is 7.10. The highest BCUT2D eigenvalue weighted by atomic mass is 16.6. The van der Waals surface area contributed by atoms with Crippen LogP contribution in [-0.2, 0) is 16.0 Å². The van der Waals surface area contributed by atoms with Crippen LogP contribution in [-0.4, -0.2) is 28.8 Å². The summed E-state index contributed by atoms with van der Waals surface area (Å²) in [6.45, 7) is 5.20. The fraction of sp³-hybridized carbons (Fsp3) is 0.333. The van der Waals surface area contributed by atoms with Gasteiger partial charge in [-0.05, 0) is 50.3 Å². The van der Waals surface area contributed by atoms with Crippen LogP contribution in [0.15, 0.2) is 54.6 Å². The lowest BCUT2D eigenvalue weighted by molar-refractivity contribution is -0.139. The van der Waals surface area contributed by atoms with Gasteiger partial charge in [0.25, 0.3) is 0 Å². The molecule has 0 heterocycles. The van der Waals surface area contributed by atoms with Crippen molar-refractivity contribution in [3.63, 3.8) is 0 Å². The molecule has 0 spiro atoms. The van der Waals surface area contributed by atoms with E-state index in [4.69, 9.17) is 4.74 Å². The molecule has 0 saturated carbocycles. The summed E-state index contributed by atoms with van der Waals surface area (Å²) in [5, 5.41) is 11.9. The average molecular weight is 355 g/mol. The molecular formula is C21H25NO4. The molecule has 0 aromatic heterocycles. The molecule has 26 heavy (non-hydrogen) atoms. The van der Waals surface area contributed by atoms with Crippen LogP contribution >= 0.6 is 0 Å². The number of ether oxygens (including phenoxy) is 1. The molecule has 138 valence electrons. The molecule has 1 amide bonds. The Morgan fingerprint density at radius 2 is 1.65 bits per heavy atom. The maximum Gasteiger partial charge on any atom is 0.408 e. The summed E-state index contributed by atoms with van der Waals surface area (Å²) in [6, 6.07) is 16.8. The Balaban J connectivity index is 2.08. The van der Waals surface area contributed by atoms with Gasteiger partial charge in [-0.1, -0.05) is 54.6 Å². The second kappa shape index (κ2) is 8.52. The van der Waals surface area contributed by atoms with Crippen molar-refractivity contribution in [2.24, 2.45) is 0 Å². The molecule has 0 unspecified atom stereocenters. The first-order valence-corrected chi connectivity index (χ1v) is 8.62. The number of hydrogen-bond donors (Lipinski definition) is 2. The predicted molar refractivity (Wildman–Crippen MR) is 101 cm³/mol. The molecule has 0 aliphatic heterocycles. The molecule has 0 saturated heterocycles. The van der Waals surface area contributed by atoms with Crippen LogP contribution in [0.4, 0.5) is 4.79 Å². The summed E-state index contributed by atoms with van der Waals surface area (Å²) in [6.07, 6.45) is 0.0808. The van der Waals surface area contributed by atoms with Crippen LogP contribution in [0, 0.1) is 0 Å². The molecular weight excluding hydrogens is 330 g/mol. The van der Waals surface area contributed by atoms with Crippen molar-refractivity contribution in [2.75, 3.05) is 0 Å². The normalized spacial score (nSPS) is 12.3. The summed E-state index contributed by atoms with van der Waals surface area (Å²) in [7, 11) is 0. The average Bonchev–Trinajstić information content (AvgIpc) is 2.58. The van der Waals surface area contributed by atoms with Gasteiger partial charge in [0, 0.05) is 0 Å². The van der Waals surface area contributed by atoms with E-state index in [9.17, 15) is 14.7 Å². The summed E-state index contributed by atoms with van der Waals surface area (Å²) in [4.78, 5) is 23.4. The van der Waals surface area contributed by atoms with Crippen molar-refractivity contribution < 1.29 is 19.4 Å². The highest BCUT2D eigenvalue weighted by Gasteiger charge is 2.24. The molecule has 0 bridgehead atoms. The molecule has 2 aromatic carbocycles. The zero-order chi connectivity index (χ0) is 19.2. The SMILES string of the molecule is CC(C)(C)OC(=O)N[C@H](CCc1ccccc1-c1ccccc1)C(=O)O. The molecule has 2 N–H and O–H groups in total. The van der Waals surface area contributed by atoms with Gasteiger partial charge in [-0.2, -0.15) is 0 Å².